The van der Waals surface area contributed by atoms with Crippen LogP contribution >= 0.6 is 0 Å². The zero-order valence-corrected chi connectivity index (χ0v) is 16.3. The zero-order valence-electron chi connectivity index (χ0n) is 15.5. The molecule has 1 aromatic carbocycles. The van der Waals surface area contributed by atoms with E-state index in [1.807, 2.05) is 17.2 Å². The van der Waals surface area contributed by atoms with Crippen LogP contribution < -0.4 is 0 Å². The van der Waals surface area contributed by atoms with Gasteiger partial charge in [-0.05, 0) is 41.5 Å². The Morgan fingerprint density at radius 3 is 2.64 bits per heavy atom. The van der Waals surface area contributed by atoms with Crippen LogP contribution in [0.15, 0.2) is 47.6 Å². The van der Waals surface area contributed by atoms with E-state index in [2.05, 4.69) is 9.97 Å². The lowest BCUT2D eigenvalue weighted by atomic mass is 10.0. The molecule has 7 nitrogen and oxygen atoms in total. The van der Waals surface area contributed by atoms with Crippen LogP contribution in [0.4, 0.5) is 0 Å². The number of amides is 1. The van der Waals surface area contributed by atoms with Crippen molar-refractivity contribution in [2.24, 2.45) is 0 Å². The minimum absolute atomic E-state index is 0.0760. The first-order valence-corrected chi connectivity index (χ1v) is 10.9. The number of hydrogen-bond donors (Lipinski definition) is 1. The van der Waals surface area contributed by atoms with E-state index in [1.54, 1.807) is 30.5 Å². The number of morpholine rings is 1. The molecular formula is C20H21N3O4S. The molecule has 2 aromatic heterocycles. The van der Waals surface area contributed by atoms with E-state index in [9.17, 15) is 13.6 Å². The molecule has 1 N–H and O–H groups in total. The first-order chi connectivity index (χ1) is 13.4. The number of hydrogen-bond acceptors (Lipinski definition) is 5. The van der Waals surface area contributed by atoms with Gasteiger partial charge in [-0.1, -0.05) is 0 Å². The molecule has 1 amide bonds. The topological polar surface area (TPSA) is 98.3 Å². The van der Waals surface area contributed by atoms with Crippen LogP contribution in [0.5, 0.6) is 0 Å². The fourth-order valence-corrected chi connectivity index (χ4v) is 3.97. The van der Waals surface area contributed by atoms with Crippen LogP contribution in [0.2, 0.25) is 0 Å². The summed E-state index contributed by atoms with van der Waals surface area (Å²) in [5, 5.41) is 0.895. The van der Waals surface area contributed by atoms with Gasteiger partial charge < -0.3 is 19.2 Å². The maximum atomic E-state index is 12.6. The number of ether oxygens (including phenoxy) is 1. The molecule has 1 unspecified atom stereocenters. The van der Waals surface area contributed by atoms with Gasteiger partial charge in [0.15, 0.2) is 4.90 Å². The Balaban J connectivity index is 1.61. The Morgan fingerprint density at radius 2 is 1.96 bits per heavy atom. The van der Waals surface area contributed by atoms with Crippen molar-refractivity contribution in [3.05, 3.63) is 48.3 Å². The molecule has 1 saturated heterocycles. The summed E-state index contributed by atoms with van der Waals surface area (Å²) < 4.78 is 28.6. The van der Waals surface area contributed by atoms with Crippen molar-refractivity contribution in [3.63, 3.8) is 0 Å². The first kappa shape index (κ1) is 18.8. The smallest absolute Gasteiger partial charge is 0.227 e. The molecule has 146 valence electrons. The van der Waals surface area contributed by atoms with E-state index in [-0.39, 0.29) is 10.8 Å². The summed E-state index contributed by atoms with van der Waals surface area (Å²) in [6, 6.07) is 8.70. The summed E-state index contributed by atoms with van der Waals surface area (Å²) in [4.78, 5) is 22.2. The molecule has 0 radical (unpaired) electrons. The lowest BCUT2D eigenvalue weighted by molar-refractivity contribution is -0.134. The summed E-state index contributed by atoms with van der Waals surface area (Å²) >= 11 is 0. The second-order valence-corrected chi connectivity index (χ2v) is 8.92. The molecule has 28 heavy (non-hydrogen) atoms. The summed E-state index contributed by atoms with van der Waals surface area (Å²) in [6.45, 7) is 2.40. The fourth-order valence-electron chi connectivity index (χ4n) is 3.34. The highest BCUT2D eigenvalue weighted by Crippen LogP contribution is 2.27. The van der Waals surface area contributed by atoms with Gasteiger partial charge in [-0.2, -0.15) is 0 Å². The summed E-state index contributed by atoms with van der Waals surface area (Å²) in [5.74, 6) is 0.0760. The van der Waals surface area contributed by atoms with E-state index >= 15 is 0 Å². The molecule has 0 aliphatic carbocycles. The Labute approximate surface area is 164 Å². The Morgan fingerprint density at radius 1 is 1.25 bits per heavy atom. The molecule has 0 spiro atoms. The standard InChI is InChI=1S/C20H21N3O4S/c1-28(25,26)17-4-2-14(3-5-17)15-10-18-16(13-22-20(18)21-12-15)11-19(24)23-6-8-27-9-7-23/h2-5,10,12-13H,6-9,11H2,1H3,(H-,21,22,25,26). The number of H-pyrrole nitrogens is 1. The van der Waals surface area contributed by atoms with Crippen LogP contribution in [0.1, 0.15) is 5.56 Å². The van der Waals surface area contributed by atoms with Crippen molar-refractivity contribution in [2.75, 3.05) is 32.6 Å². The quantitative estimate of drug-likeness (QED) is 0.679. The van der Waals surface area contributed by atoms with Gasteiger partial charge in [0.25, 0.3) is 0 Å². The van der Waals surface area contributed by atoms with Gasteiger partial charge in [0.2, 0.25) is 5.91 Å². The minimum Gasteiger partial charge on any atom is -0.610 e. The van der Waals surface area contributed by atoms with Crippen molar-refractivity contribution < 1.29 is 18.3 Å². The van der Waals surface area contributed by atoms with Gasteiger partial charge in [-0.3, -0.25) is 4.79 Å². The largest absolute Gasteiger partial charge is 0.610 e. The third-order valence-electron chi connectivity index (χ3n) is 4.94. The number of aromatic nitrogens is 2. The van der Waals surface area contributed by atoms with Gasteiger partial charge in [-0.25, -0.2) is 4.98 Å². The predicted octanol–water partition coefficient (Wildman–Crippen LogP) is 2.25. The van der Waals surface area contributed by atoms with Gasteiger partial charge in [0.05, 0.1) is 29.8 Å². The molecule has 4 rings (SSSR count). The maximum absolute atomic E-state index is 12.6. The summed E-state index contributed by atoms with van der Waals surface area (Å²) in [5.41, 5.74) is 3.36. The number of nitrogens with zero attached hydrogens (tertiary/aromatic N) is 2. The third kappa shape index (κ3) is 3.84. The average Bonchev–Trinajstić information content (AvgIpc) is 3.10. The highest BCUT2D eigenvalue weighted by Gasteiger charge is 2.19. The molecule has 1 aliphatic rings. The van der Waals surface area contributed by atoms with E-state index in [0.717, 1.165) is 27.7 Å². The van der Waals surface area contributed by atoms with E-state index in [1.165, 1.54) is 6.26 Å². The summed E-state index contributed by atoms with van der Waals surface area (Å²) in [6.07, 6.45) is 5.06. The highest BCUT2D eigenvalue weighted by molar-refractivity contribution is 7.97. The minimum atomic E-state index is -3.23. The van der Waals surface area contributed by atoms with Crippen LogP contribution in [0.3, 0.4) is 0 Å². The molecule has 3 aromatic rings. The molecular weight excluding hydrogens is 378 g/mol. The maximum Gasteiger partial charge on any atom is 0.227 e. The number of aromatic amines is 1. The van der Waals surface area contributed by atoms with E-state index in [4.69, 9.17) is 4.74 Å². The number of nitrogens with one attached hydrogen (secondary N) is 1. The van der Waals surface area contributed by atoms with Gasteiger partial charge in [0, 0.05) is 36.4 Å². The van der Waals surface area contributed by atoms with Crippen LogP contribution in [0.25, 0.3) is 22.2 Å². The Hall–Kier alpha value is -2.55. The normalized spacial score (nSPS) is 16.9. The highest BCUT2D eigenvalue weighted by atomic mass is 32.3. The third-order valence-corrected chi connectivity index (χ3v) is 6.07. The second-order valence-electron chi connectivity index (χ2n) is 6.90. The van der Waals surface area contributed by atoms with E-state index < -0.39 is 10.2 Å². The van der Waals surface area contributed by atoms with E-state index in [0.29, 0.717) is 32.7 Å². The molecule has 0 saturated carbocycles. The Kier molecular flexibility index (Phi) is 5.01. The molecule has 1 fully saturated rings. The number of sulfone groups is 1. The van der Waals surface area contributed by atoms with Crippen LogP contribution in [-0.4, -0.2) is 57.9 Å². The fraction of sp³-hybridized carbons (Fsp3) is 0.300. The molecule has 1 atom stereocenters. The number of pyridine rings is 1. The van der Waals surface area contributed by atoms with Crippen molar-refractivity contribution >= 4 is 27.2 Å². The lowest BCUT2D eigenvalue weighted by Crippen LogP contribution is -2.41. The number of fused-ring (bicyclic) bond motifs is 1. The zero-order chi connectivity index (χ0) is 19.7. The van der Waals surface area contributed by atoms with Gasteiger partial charge in [0.1, 0.15) is 11.9 Å². The van der Waals surface area contributed by atoms with Crippen molar-refractivity contribution in [3.8, 4) is 11.1 Å². The average molecular weight is 399 g/mol. The number of rotatable bonds is 4. The first-order valence-electron chi connectivity index (χ1n) is 9.04. The number of benzene rings is 1. The number of carbonyl (C=O) groups is 1. The lowest BCUT2D eigenvalue weighted by Gasteiger charge is -2.26. The Bertz CT molecular complexity index is 1050. The molecule has 1 aliphatic heterocycles. The summed E-state index contributed by atoms with van der Waals surface area (Å²) in [7, 11) is -3.23. The van der Waals surface area contributed by atoms with Gasteiger partial charge in [-0.15, -0.1) is 4.21 Å². The molecule has 3 heterocycles. The molecule has 8 heteroatoms. The monoisotopic (exact) mass is 399 g/mol. The molecule has 0 bridgehead atoms. The van der Waals surface area contributed by atoms with Crippen LogP contribution in [0, 0.1) is 0 Å². The van der Waals surface area contributed by atoms with Crippen molar-refractivity contribution in [2.45, 2.75) is 11.3 Å². The second kappa shape index (κ2) is 7.46. The number of carbonyl (C=O) groups excluding carboxylic acids is 1. The van der Waals surface area contributed by atoms with Gasteiger partial charge >= 0.3 is 0 Å². The van der Waals surface area contributed by atoms with Crippen molar-refractivity contribution in [1.29, 1.82) is 0 Å². The predicted molar refractivity (Wildman–Crippen MR) is 106 cm³/mol. The van der Waals surface area contributed by atoms with Crippen molar-refractivity contribution in [1.82, 2.24) is 14.9 Å². The van der Waals surface area contributed by atoms with Crippen LogP contribution in [-0.2, 0) is 30.4 Å². The SMILES string of the molecule is C[S+](=O)([O-])c1ccc(-c2cnc3[nH]cc(CC(=O)N4CCOCC4)c3c2)cc1.